The van der Waals surface area contributed by atoms with Crippen LogP contribution < -0.4 is 5.32 Å². The molecule has 0 aliphatic heterocycles. The lowest BCUT2D eigenvalue weighted by atomic mass is 9.98. The molecule has 1 amide bonds. The van der Waals surface area contributed by atoms with Crippen LogP contribution in [-0.2, 0) is 11.3 Å². The summed E-state index contributed by atoms with van der Waals surface area (Å²) in [6, 6.07) is 8.51. The molecule has 1 N–H and O–H groups in total. The molecule has 0 spiro atoms. The van der Waals surface area contributed by atoms with Crippen LogP contribution in [0, 0.1) is 0 Å². The van der Waals surface area contributed by atoms with E-state index in [1.807, 2.05) is 12.1 Å². The van der Waals surface area contributed by atoms with Gasteiger partial charge >= 0.3 is 0 Å². The van der Waals surface area contributed by atoms with Gasteiger partial charge in [0.25, 0.3) is 5.91 Å². The molecule has 26 heavy (non-hydrogen) atoms. The highest BCUT2D eigenvalue weighted by molar-refractivity contribution is 5.94. The van der Waals surface area contributed by atoms with Crippen molar-refractivity contribution in [3.63, 3.8) is 0 Å². The predicted octanol–water partition coefficient (Wildman–Crippen LogP) is 4.39. The third-order valence-electron chi connectivity index (χ3n) is 5.25. The maximum absolute atomic E-state index is 12.2. The van der Waals surface area contributed by atoms with Crippen molar-refractivity contribution in [2.45, 2.75) is 78.0 Å². The van der Waals surface area contributed by atoms with Gasteiger partial charge in [0, 0.05) is 31.3 Å². The molecule has 1 aliphatic rings. The first-order valence-corrected chi connectivity index (χ1v) is 10.3. The summed E-state index contributed by atoms with van der Waals surface area (Å²) in [4.78, 5) is 14.6. The third kappa shape index (κ3) is 7.08. The molecule has 0 bridgehead atoms. The quantitative estimate of drug-likeness (QED) is 0.629. The van der Waals surface area contributed by atoms with Gasteiger partial charge in [0.1, 0.15) is 0 Å². The van der Waals surface area contributed by atoms with Gasteiger partial charge in [-0.2, -0.15) is 0 Å². The summed E-state index contributed by atoms with van der Waals surface area (Å²) in [6.45, 7) is 9.97. The van der Waals surface area contributed by atoms with Crippen molar-refractivity contribution in [1.82, 2.24) is 10.2 Å². The molecule has 0 aromatic heterocycles. The van der Waals surface area contributed by atoms with E-state index in [2.05, 4.69) is 43.1 Å². The number of carbonyl (C=O) groups is 1. The van der Waals surface area contributed by atoms with Crippen LogP contribution in [0.2, 0.25) is 0 Å². The molecule has 2 rings (SSSR count). The van der Waals surface area contributed by atoms with E-state index in [1.54, 1.807) is 0 Å². The second kappa shape index (κ2) is 11.3. The van der Waals surface area contributed by atoms with Crippen LogP contribution in [0.5, 0.6) is 0 Å². The van der Waals surface area contributed by atoms with Crippen LogP contribution >= 0.6 is 0 Å². The van der Waals surface area contributed by atoms with E-state index < -0.39 is 0 Å². The molecule has 1 saturated carbocycles. The molecular formula is C22H36N2O2. The van der Waals surface area contributed by atoms with Crippen molar-refractivity contribution in [3.8, 4) is 0 Å². The second-order valence-electron chi connectivity index (χ2n) is 7.59. The summed E-state index contributed by atoms with van der Waals surface area (Å²) < 4.78 is 5.90. The smallest absolute Gasteiger partial charge is 0.251 e. The minimum Gasteiger partial charge on any atom is -0.378 e. The van der Waals surface area contributed by atoms with E-state index in [0.29, 0.717) is 18.7 Å². The molecule has 146 valence electrons. The Morgan fingerprint density at radius 2 is 1.88 bits per heavy atom. The first-order valence-electron chi connectivity index (χ1n) is 10.3. The Bertz CT molecular complexity index is 521. The zero-order chi connectivity index (χ0) is 18.8. The first-order chi connectivity index (χ1) is 12.6. The molecule has 4 nitrogen and oxygen atoms in total. The number of nitrogens with one attached hydrogen (secondary N) is 1. The Morgan fingerprint density at radius 3 is 2.50 bits per heavy atom. The Balaban J connectivity index is 1.67. The summed E-state index contributed by atoms with van der Waals surface area (Å²) in [6.07, 6.45) is 7.66. The van der Waals surface area contributed by atoms with E-state index in [4.69, 9.17) is 4.74 Å². The van der Waals surface area contributed by atoms with Gasteiger partial charge in [0.15, 0.2) is 0 Å². The van der Waals surface area contributed by atoms with Gasteiger partial charge in [-0.1, -0.05) is 38.3 Å². The summed E-state index contributed by atoms with van der Waals surface area (Å²) in [7, 11) is 0. The summed E-state index contributed by atoms with van der Waals surface area (Å²) in [5.74, 6) is 0.00502. The number of amides is 1. The van der Waals surface area contributed by atoms with Crippen LogP contribution in [0.4, 0.5) is 0 Å². The lowest BCUT2D eigenvalue weighted by Crippen LogP contribution is -2.30. The average molecular weight is 361 g/mol. The van der Waals surface area contributed by atoms with Crippen molar-refractivity contribution in [2.75, 3.05) is 19.7 Å². The zero-order valence-corrected chi connectivity index (χ0v) is 16.8. The largest absolute Gasteiger partial charge is 0.378 e. The minimum atomic E-state index is 0.00502. The molecule has 1 aliphatic carbocycles. The molecule has 1 fully saturated rings. The second-order valence-corrected chi connectivity index (χ2v) is 7.59. The van der Waals surface area contributed by atoms with Crippen LogP contribution in [0.1, 0.15) is 75.2 Å². The van der Waals surface area contributed by atoms with Gasteiger partial charge in [-0.05, 0) is 57.4 Å². The van der Waals surface area contributed by atoms with Gasteiger partial charge in [-0.15, -0.1) is 0 Å². The van der Waals surface area contributed by atoms with E-state index in [1.165, 1.54) is 37.7 Å². The minimum absolute atomic E-state index is 0.00502. The van der Waals surface area contributed by atoms with Crippen molar-refractivity contribution in [2.24, 2.45) is 0 Å². The van der Waals surface area contributed by atoms with Gasteiger partial charge in [0.2, 0.25) is 0 Å². The fraction of sp³-hybridized carbons (Fsp3) is 0.682. The zero-order valence-electron chi connectivity index (χ0n) is 16.8. The van der Waals surface area contributed by atoms with Crippen LogP contribution in [0.3, 0.4) is 0 Å². The monoisotopic (exact) mass is 360 g/mol. The van der Waals surface area contributed by atoms with Gasteiger partial charge in [0.05, 0.1) is 6.10 Å². The molecule has 0 atom stereocenters. The number of hydrogen-bond acceptors (Lipinski definition) is 3. The predicted molar refractivity (Wildman–Crippen MR) is 107 cm³/mol. The van der Waals surface area contributed by atoms with E-state index in [0.717, 1.165) is 31.7 Å². The molecule has 1 aromatic rings. The number of nitrogens with zero attached hydrogens (tertiary/aromatic N) is 1. The van der Waals surface area contributed by atoms with Gasteiger partial charge in [-0.3, -0.25) is 9.69 Å². The van der Waals surface area contributed by atoms with E-state index >= 15 is 0 Å². The molecule has 4 heteroatoms. The average Bonchev–Trinajstić information content (AvgIpc) is 2.66. The van der Waals surface area contributed by atoms with E-state index in [9.17, 15) is 4.79 Å². The molecular weight excluding hydrogens is 324 g/mol. The Labute approximate surface area is 159 Å². The van der Waals surface area contributed by atoms with Crippen molar-refractivity contribution in [3.05, 3.63) is 35.4 Å². The molecule has 1 aromatic carbocycles. The third-order valence-corrected chi connectivity index (χ3v) is 5.25. The first kappa shape index (κ1) is 20.9. The molecule has 0 saturated heterocycles. The lowest BCUT2D eigenvalue weighted by Gasteiger charge is -2.24. The number of rotatable bonds is 10. The Morgan fingerprint density at radius 1 is 1.19 bits per heavy atom. The number of carbonyl (C=O) groups excluding carboxylic acids is 1. The van der Waals surface area contributed by atoms with Crippen molar-refractivity contribution >= 4 is 5.91 Å². The highest BCUT2D eigenvalue weighted by Crippen LogP contribution is 2.20. The maximum Gasteiger partial charge on any atom is 0.251 e. The van der Waals surface area contributed by atoms with E-state index in [-0.39, 0.29) is 5.91 Å². The lowest BCUT2D eigenvalue weighted by molar-refractivity contribution is 0.0273. The standard InChI is InChI=1S/C22H36N2O2/c1-4-24(18(2)3)17-19-11-13-20(14-12-19)22(25)23-15-8-16-26-21-9-6-5-7-10-21/h11-14,18,21H,4-10,15-17H2,1-3H3,(H,23,25). The molecule has 0 heterocycles. The fourth-order valence-electron chi connectivity index (χ4n) is 3.51. The van der Waals surface area contributed by atoms with Crippen molar-refractivity contribution in [1.29, 1.82) is 0 Å². The molecule has 0 unspecified atom stereocenters. The topological polar surface area (TPSA) is 41.6 Å². The summed E-state index contributed by atoms with van der Waals surface area (Å²) in [5, 5.41) is 3.00. The van der Waals surface area contributed by atoms with Crippen molar-refractivity contribution < 1.29 is 9.53 Å². The van der Waals surface area contributed by atoms with Gasteiger partial charge < -0.3 is 10.1 Å². The van der Waals surface area contributed by atoms with Crippen LogP contribution in [-0.4, -0.2) is 42.6 Å². The summed E-state index contributed by atoms with van der Waals surface area (Å²) >= 11 is 0. The highest BCUT2D eigenvalue weighted by Gasteiger charge is 2.13. The Kier molecular flexibility index (Phi) is 9.13. The Hall–Kier alpha value is -1.39. The van der Waals surface area contributed by atoms with Crippen LogP contribution in [0.25, 0.3) is 0 Å². The summed E-state index contributed by atoms with van der Waals surface area (Å²) in [5.41, 5.74) is 1.98. The maximum atomic E-state index is 12.2. The molecule has 0 radical (unpaired) electrons. The normalized spacial score (nSPS) is 15.6. The highest BCUT2D eigenvalue weighted by atomic mass is 16.5. The fourth-order valence-corrected chi connectivity index (χ4v) is 3.51. The van der Waals surface area contributed by atoms with Crippen LogP contribution in [0.15, 0.2) is 24.3 Å². The number of ether oxygens (including phenoxy) is 1. The number of hydrogen-bond donors (Lipinski definition) is 1. The van der Waals surface area contributed by atoms with Gasteiger partial charge in [-0.25, -0.2) is 0 Å². The number of benzene rings is 1. The SMILES string of the molecule is CCN(Cc1ccc(C(=O)NCCCOC2CCCCC2)cc1)C(C)C.